The van der Waals surface area contributed by atoms with Gasteiger partial charge < -0.3 is 16.4 Å². The summed E-state index contributed by atoms with van der Waals surface area (Å²) in [5.41, 5.74) is 10.1. The Morgan fingerprint density at radius 3 is 2.29 bits per heavy atom. The lowest BCUT2D eigenvalue weighted by atomic mass is 10.1. The molecule has 0 bridgehead atoms. The number of nitrogens with two attached hydrogens (primary N) is 1. The highest BCUT2D eigenvalue weighted by molar-refractivity contribution is 6.33. The van der Waals surface area contributed by atoms with Gasteiger partial charge in [-0.15, -0.1) is 0 Å². The van der Waals surface area contributed by atoms with Crippen LogP contribution in [0.15, 0.2) is 66.9 Å². The number of carbonyl (C=O) groups is 2. The van der Waals surface area contributed by atoms with Gasteiger partial charge >= 0.3 is 0 Å². The van der Waals surface area contributed by atoms with E-state index in [1.54, 1.807) is 60.7 Å². The fraction of sp³-hybridized carbons (Fsp3) is 0.0435. The maximum absolute atomic E-state index is 12.7. The third-order valence-corrected chi connectivity index (χ3v) is 4.94. The summed E-state index contributed by atoms with van der Waals surface area (Å²) in [7, 11) is 0. The molecule has 0 unspecified atom stereocenters. The molecule has 2 aromatic carbocycles. The Kier molecular flexibility index (Phi) is 5.51. The molecule has 0 spiro atoms. The molecular formula is C23H18ClN5O2. The lowest BCUT2D eigenvalue weighted by Gasteiger charge is -2.10. The van der Waals surface area contributed by atoms with E-state index in [1.807, 2.05) is 6.92 Å². The molecule has 4 rings (SSSR count). The van der Waals surface area contributed by atoms with E-state index in [4.69, 9.17) is 17.3 Å². The number of nitrogens with zero attached hydrogens (tertiary/aromatic N) is 2. The molecule has 0 atom stereocenters. The minimum Gasteiger partial charge on any atom is -0.398 e. The molecule has 0 fully saturated rings. The van der Waals surface area contributed by atoms with Gasteiger partial charge in [0, 0.05) is 39.9 Å². The second kappa shape index (κ2) is 8.41. The summed E-state index contributed by atoms with van der Waals surface area (Å²) < 4.78 is 0. The second-order valence-corrected chi connectivity index (χ2v) is 7.27. The van der Waals surface area contributed by atoms with Gasteiger partial charge in [-0.25, -0.2) is 4.98 Å². The van der Waals surface area contributed by atoms with Crippen molar-refractivity contribution in [3.8, 4) is 0 Å². The molecular weight excluding hydrogens is 414 g/mol. The van der Waals surface area contributed by atoms with Crippen molar-refractivity contribution in [1.82, 2.24) is 9.97 Å². The van der Waals surface area contributed by atoms with Crippen LogP contribution in [0.3, 0.4) is 0 Å². The third-order valence-electron chi connectivity index (χ3n) is 4.64. The van der Waals surface area contributed by atoms with Gasteiger partial charge in [0.2, 0.25) is 0 Å². The van der Waals surface area contributed by atoms with Crippen LogP contribution in [-0.4, -0.2) is 21.8 Å². The van der Waals surface area contributed by atoms with Gasteiger partial charge in [-0.2, -0.15) is 0 Å². The van der Waals surface area contributed by atoms with Crippen molar-refractivity contribution < 1.29 is 9.59 Å². The average molecular weight is 432 g/mol. The summed E-state index contributed by atoms with van der Waals surface area (Å²) in [6.45, 7) is 1.87. The summed E-state index contributed by atoms with van der Waals surface area (Å²) in [5.74, 6) is -0.645. The van der Waals surface area contributed by atoms with Gasteiger partial charge in [0.05, 0.1) is 11.1 Å². The van der Waals surface area contributed by atoms with Crippen molar-refractivity contribution in [1.29, 1.82) is 0 Å². The van der Waals surface area contributed by atoms with Gasteiger partial charge in [0.1, 0.15) is 5.15 Å². The third kappa shape index (κ3) is 4.46. The largest absolute Gasteiger partial charge is 0.398 e. The van der Waals surface area contributed by atoms with Crippen molar-refractivity contribution >= 4 is 51.4 Å². The minimum absolute atomic E-state index is 0.130. The highest BCUT2D eigenvalue weighted by Crippen LogP contribution is 2.23. The van der Waals surface area contributed by atoms with Gasteiger partial charge in [-0.3, -0.25) is 14.6 Å². The molecule has 0 aliphatic rings. The van der Waals surface area contributed by atoms with Gasteiger partial charge in [-0.1, -0.05) is 11.6 Å². The first-order chi connectivity index (χ1) is 14.9. The topological polar surface area (TPSA) is 110 Å². The van der Waals surface area contributed by atoms with Crippen molar-refractivity contribution in [3.63, 3.8) is 0 Å². The van der Waals surface area contributed by atoms with Crippen LogP contribution in [0.2, 0.25) is 5.15 Å². The van der Waals surface area contributed by atoms with Crippen molar-refractivity contribution in [2.24, 2.45) is 0 Å². The van der Waals surface area contributed by atoms with Crippen LogP contribution in [0, 0.1) is 6.92 Å². The smallest absolute Gasteiger partial charge is 0.258 e. The standard InChI is InChI=1S/C23H18ClN5O2/c1-13-11-19(25)18-12-14(4-9-20(18)27-13)22(30)28-15-5-7-16(8-6-15)29-23(31)17-3-2-10-26-21(17)24/h2-12H,1H3,(H2,25,27)(H,28,30)(H,29,31). The summed E-state index contributed by atoms with van der Waals surface area (Å²) in [5, 5.41) is 6.43. The fourth-order valence-corrected chi connectivity index (χ4v) is 3.33. The first-order valence-electron chi connectivity index (χ1n) is 9.41. The average Bonchev–Trinajstić information content (AvgIpc) is 2.75. The minimum atomic E-state index is -0.368. The number of halogens is 1. The molecule has 0 saturated carbocycles. The molecule has 31 heavy (non-hydrogen) atoms. The number of fused-ring (bicyclic) bond motifs is 1. The van der Waals surface area contributed by atoms with Crippen LogP contribution in [0.5, 0.6) is 0 Å². The molecule has 0 saturated heterocycles. The fourth-order valence-electron chi connectivity index (χ4n) is 3.13. The monoisotopic (exact) mass is 431 g/mol. The summed E-state index contributed by atoms with van der Waals surface area (Å²) in [4.78, 5) is 33.3. The van der Waals surface area contributed by atoms with Crippen LogP contribution in [0.4, 0.5) is 17.1 Å². The lowest BCUT2D eigenvalue weighted by Crippen LogP contribution is -2.14. The highest BCUT2D eigenvalue weighted by atomic mass is 35.5. The Morgan fingerprint density at radius 2 is 1.61 bits per heavy atom. The molecule has 0 aliphatic carbocycles. The lowest BCUT2D eigenvalue weighted by molar-refractivity contribution is 0.101. The number of rotatable bonds is 4. The Bertz CT molecular complexity index is 1310. The van der Waals surface area contributed by atoms with E-state index in [-0.39, 0.29) is 22.5 Å². The Morgan fingerprint density at radius 1 is 0.935 bits per heavy atom. The van der Waals surface area contributed by atoms with Crippen LogP contribution < -0.4 is 16.4 Å². The molecule has 2 amide bonds. The Balaban J connectivity index is 1.46. The molecule has 4 aromatic rings. The quantitative estimate of drug-likeness (QED) is 0.406. The number of hydrogen-bond donors (Lipinski definition) is 3. The number of pyridine rings is 2. The van der Waals surface area contributed by atoms with Gasteiger partial charge in [0.25, 0.3) is 11.8 Å². The molecule has 154 valence electrons. The van der Waals surface area contributed by atoms with E-state index in [1.165, 1.54) is 6.20 Å². The Hall–Kier alpha value is -3.97. The number of aryl methyl sites for hydroxylation is 1. The number of anilines is 3. The molecule has 7 nitrogen and oxygen atoms in total. The highest BCUT2D eigenvalue weighted by Gasteiger charge is 2.12. The molecule has 4 N–H and O–H groups in total. The van der Waals surface area contributed by atoms with E-state index < -0.39 is 0 Å². The predicted molar refractivity (Wildman–Crippen MR) is 122 cm³/mol. The van der Waals surface area contributed by atoms with Crippen LogP contribution in [0.1, 0.15) is 26.4 Å². The second-order valence-electron chi connectivity index (χ2n) is 6.91. The van der Waals surface area contributed by atoms with E-state index >= 15 is 0 Å². The number of benzene rings is 2. The first kappa shape index (κ1) is 20.3. The van der Waals surface area contributed by atoms with Crippen LogP contribution in [-0.2, 0) is 0 Å². The van der Waals surface area contributed by atoms with E-state index in [9.17, 15) is 9.59 Å². The molecule has 2 aromatic heterocycles. The normalized spacial score (nSPS) is 10.6. The van der Waals surface area contributed by atoms with E-state index in [0.717, 1.165) is 16.6 Å². The van der Waals surface area contributed by atoms with Gasteiger partial charge in [-0.05, 0) is 67.6 Å². The van der Waals surface area contributed by atoms with E-state index in [0.29, 0.717) is 22.6 Å². The maximum atomic E-state index is 12.7. The molecule has 2 heterocycles. The zero-order valence-corrected chi connectivity index (χ0v) is 17.3. The molecule has 8 heteroatoms. The number of nitrogens with one attached hydrogen (secondary N) is 2. The number of nitrogen functional groups attached to an aromatic ring is 1. The number of aromatic nitrogens is 2. The predicted octanol–water partition coefficient (Wildman–Crippen LogP) is 4.68. The van der Waals surface area contributed by atoms with Crippen molar-refractivity contribution in [3.05, 3.63) is 88.8 Å². The van der Waals surface area contributed by atoms with E-state index in [2.05, 4.69) is 20.6 Å². The SMILES string of the molecule is Cc1cc(N)c2cc(C(=O)Nc3ccc(NC(=O)c4cccnc4Cl)cc3)ccc2n1. The number of carbonyl (C=O) groups excluding carboxylic acids is 2. The van der Waals surface area contributed by atoms with Crippen molar-refractivity contribution in [2.45, 2.75) is 6.92 Å². The van der Waals surface area contributed by atoms with Crippen molar-refractivity contribution in [2.75, 3.05) is 16.4 Å². The zero-order valence-electron chi connectivity index (χ0n) is 16.5. The summed E-state index contributed by atoms with van der Waals surface area (Å²) in [6.07, 6.45) is 1.51. The summed E-state index contributed by atoms with van der Waals surface area (Å²) >= 11 is 5.95. The van der Waals surface area contributed by atoms with Gasteiger partial charge in [0.15, 0.2) is 0 Å². The van der Waals surface area contributed by atoms with Crippen LogP contribution in [0.25, 0.3) is 10.9 Å². The zero-order chi connectivity index (χ0) is 22.0. The Labute approximate surface area is 183 Å². The number of hydrogen-bond acceptors (Lipinski definition) is 5. The van der Waals surface area contributed by atoms with Crippen LogP contribution >= 0.6 is 11.6 Å². The first-order valence-corrected chi connectivity index (χ1v) is 9.78. The summed E-state index contributed by atoms with van der Waals surface area (Å²) in [6, 6.07) is 17.0. The molecule has 0 aliphatic heterocycles. The maximum Gasteiger partial charge on any atom is 0.258 e. The number of amides is 2. The molecule has 0 radical (unpaired) electrons.